The molecule has 6 heteroatoms. The van der Waals surface area contributed by atoms with Crippen LogP contribution < -0.4 is 5.73 Å². The number of amides is 1. The molecular weight excluding hydrogens is 336 g/mol. The van der Waals surface area contributed by atoms with E-state index in [2.05, 4.69) is 22.3 Å². The maximum absolute atomic E-state index is 13.0. The van der Waals surface area contributed by atoms with Crippen LogP contribution in [-0.2, 0) is 0 Å². The van der Waals surface area contributed by atoms with Crippen LogP contribution in [-0.4, -0.2) is 40.6 Å². The molecule has 1 aromatic heterocycles. The third kappa shape index (κ3) is 3.13. The number of hydrogen-bond donors (Lipinski definition) is 2. The number of nitrogens with one attached hydrogen (secondary N) is 1. The summed E-state index contributed by atoms with van der Waals surface area (Å²) < 4.78 is 0. The van der Waals surface area contributed by atoms with E-state index in [1.54, 1.807) is 0 Å². The molecule has 1 fully saturated rings. The number of aromatic nitrogens is 2. The first kappa shape index (κ1) is 17.5. The van der Waals surface area contributed by atoms with E-state index in [0.717, 1.165) is 10.9 Å². The number of benzene rings is 2. The number of aromatic amines is 1. The number of halogens is 1. The van der Waals surface area contributed by atoms with Crippen molar-refractivity contribution in [2.75, 3.05) is 19.6 Å². The first-order chi connectivity index (χ1) is 11.8. The highest BCUT2D eigenvalue weighted by molar-refractivity contribution is 6.04. The summed E-state index contributed by atoms with van der Waals surface area (Å²) in [5, 5.41) is 8.05. The number of carbonyl (C=O) groups is 1. The Bertz CT molecular complexity index is 864. The van der Waals surface area contributed by atoms with Gasteiger partial charge < -0.3 is 10.6 Å². The zero-order valence-corrected chi connectivity index (χ0v) is 14.6. The van der Waals surface area contributed by atoms with Gasteiger partial charge in [0.2, 0.25) is 0 Å². The smallest absolute Gasteiger partial charge is 0.275 e. The highest BCUT2D eigenvalue weighted by Crippen LogP contribution is 2.33. The van der Waals surface area contributed by atoms with Gasteiger partial charge in [-0.2, -0.15) is 5.10 Å². The van der Waals surface area contributed by atoms with Gasteiger partial charge in [0.1, 0.15) is 0 Å². The van der Waals surface area contributed by atoms with Crippen molar-refractivity contribution in [2.45, 2.75) is 5.92 Å². The summed E-state index contributed by atoms with van der Waals surface area (Å²) in [5.41, 5.74) is 8.60. The lowest BCUT2D eigenvalue weighted by atomic mass is 9.89. The summed E-state index contributed by atoms with van der Waals surface area (Å²) in [6.07, 6.45) is 0. The van der Waals surface area contributed by atoms with Crippen LogP contribution in [0.1, 0.15) is 22.0 Å². The van der Waals surface area contributed by atoms with E-state index >= 15 is 0 Å². The Balaban J connectivity index is 0.00000182. The molecule has 4 rings (SSSR count). The normalized spacial score (nSPS) is 19.8. The predicted molar refractivity (Wildman–Crippen MR) is 101 cm³/mol. The van der Waals surface area contributed by atoms with E-state index in [0.29, 0.717) is 25.3 Å². The van der Waals surface area contributed by atoms with E-state index in [1.165, 1.54) is 5.56 Å². The van der Waals surface area contributed by atoms with Crippen LogP contribution in [0, 0.1) is 5.92 Å². The molecule has 3 aromatic rings. The molecule has 130 valence electrons. The lowest BCUT2D eigenvalue weighted by Gasteiger charge is -2.16. The Morgan fingerprint density at radius 2 is 1.84 bits per heavy atom. The zero-order chi connectivity index (χ0) is 16.5. The van der Waals surface area contributed by atoms with E-state index in [9.17, 15) is 4.79 Å². The van der Waals surface area contributed by atoms with Crippen molar-refractivity contribution >= 4 is 29.2 Å². The second-order valence-electron chi connectivity index (χ2n) is 6.34. The summed E-state index contributed by atoms with van der Waals surface area (Å²) in [4.78, 5) is 14.8. The number of para-hydroxylation sites is 1. The van der Waals surface area contributed by atoms with Crippen molar-refractivity contribution in [3.05, 3.63) is 65.9 Å². The van der Waals surface area contributed by atoms with Gasteiger partial charge in [0.05, 0.1) is 5.52 Å². The topological polar surface area (TPSA) is 75.0 Å². The molecule has 0 aliphatic carbocycles. The SMILES string of the molecule is Cl.NC[C@@H]1CN(C(=O)c2n[nH]c3ccccc23)C[C@H]1c1ccccc1. The van der Waals surface area contributed by atoms with Crippen molar-refractivity contribution in [1.29, 1.82) is 0 Å². The fraction of sp³-hybridized carbons (Fsp3) is 0.263. The Morgan fingerprint density at radius 1 is 1.12 bits per heavy atom. The lowest BCUT2D eigenvalue weighted by molar-refractivity contribution is 0.0782. The van der Waals surface area contributed by atoms with Crippen LogP contribution in [0.15, 0.2) is 54.6 Å². The number of carbonyl (C=O) groups excluding carboxylic acids is 1. The highest BCUT2D eigenvalue weighted by atomic mass is 35.5. The minimum absolute atomic E-state index is 0. The van der Waals surface area contributed by atoms with Gasteiger partial charge in [-0.3, -0.25) is 9.89 Å². The van der Waals surface area contributed by atoms with Crippen molar-refractivity contribution < 1.29 is 4.79 Å². The molecule has 5 nitrogen and oxygen atoms in total. The summed E-state index contributed by atoms with van der Waals surface area (Å²) in [7, 11) is 0. The van der Waals surface area contributed by atoms with Gasteiger partial charge in [0.15, 0.2) is 5.69 Å². The first-order valence-corrected chi connectivity index (χ1v) is 8.25. The quantitative estimate of drug-likeness (QED) is 0.757. The molecule has 3 N–H and O–H groups in total. The number of nitrogens with two attached hydrogens (primary N) is 1. The predicted octanol–water partition coefficient (Wildman–Crippen LogP) is 2.80. The fourth-order valence-electron chi connectivity index (χ4n) is 3.63. The molecule has 0 unspecified atom stereocenters. The molecular formula is C19H21ClN4O. The Labute approximate surface area is 152 Å². The van der Waals surface area contributed by atoms with E-state index in [-0.39, 0.29) is 30.2 Å². The van der Waals surface area contributed by atoms with Crippen molar-refractivity contribution in [2.24, 2.45) is 11.7 Å². The molecule has 0 spiro atoms. The lowest BCUT2D eigenvalue weighted by Crippen LogP contribution is -2.30. The van der Waals surface area contributed by atoms with Gasteiger partial charge in [-0.15, -0.1) is 12.4 Å². The van der Waals surface area contributed by atoms with Crippen molar-refractivity contribution in [3.8, 4) is 0 Å². The third-order valence-corrected chi connectivity index (χ3v) is 4.93. The molecule has 25 heavy (non-hydrogen) atoms. The van der Waals surface area contributed by atoms with Crippen LogP contribution in [0.4, 0.5) is 0 Å². The summed E-state index contributed by atoms with van der Waals surface area (Å²) in [6, 6.07) is 18.0. The van der Waals surface area contributed by atoms with Gasteiger partial charge in [-0.05, 0) is 24.1 Å². The number of likely N-dealkylation sites (tertiary alicyclic amines) is 1. The molecule has 1 aliphatic rings. The molecule has 0 saturated carbocycles. The standard InChI is InChI=1S/C19H20N4O.ClH/c20-10-14-11-23(12-16(14)13-6-2-1-3-7-13)19(24)18-15-8-4-5-9-17(15)21-22-18;/h1-9,14,16H,10-12,20H2,(H,21,22);1H/t14-,16+;/m1./s1. The van der Waals surface area contributed by atoms with Crippen LogP contribution in [0.5, 0.6) is 0 Å². The Hall–Kier alpha value is -2.37. The van der Waals surface area contributed by atoms with Gasteiger partial charge >= 0.3 is 0 Å². The average Bonchev–Trinajstić information content (AvgIpc) is 3.26. The Morgan fingerprint density at radius 3 is 2.60 bits per heavy atom. The number of H-pyrrole nitrogens is 1. The molecule has 2 atom stereocenters. The van der Waals surface area contributed by atoms with E-state index in [1.807, 2.05) is 47.4 Å². The molecule has 1 amide bonds. The van der Waals surface area contributed by atoms with E-state index < -0.39 is 0 Å². The highest BCUT2D eigenvalue weighted by Gasteiger charge is 2.36. The molecule has 1 saturated heterocycles. The molecule has 0 bridgehead atoms. The largest absolute Gasteiger partial charge is 0.336 e. The van der Waals surface area contributed by atoms with Gasteiger partial charge in [-0.1, -0.05) is 48.5 Å². The molecule has 2 aromatic carbocycles. The van der Waals surface area contributed by atoms with Gasteiger partial charge in [-0.25, -0.2) is 0 Å². The fourth-order valence-corrected chi connectivity index (χ4v) is 3.63. The van der Waals surface area contributed by atoms with Crippen LogP contribution in [0.25, 0.3) is 10.9 Å². The minimum Gasteiger partial charge on any atom is -0.336 e. The second-order valence-corrected chi connectivity index (χ2v) is 6.34. The average molecular weight is 357 g/mol. The minimum atomic E-state index is -0.0238. The summed E-state index contributed by atoms with van der Waals surface area (Å²) in [6.45, 7) is 1.94. The maximum atomic E-state index is 13.0. The molecule has 2 heterocycles. The number of hydrogen-bond acceptors (Lipinski definition) is 3. The molecule has 1 aliphatic heterocycles. The van der Waals surface area contributed by atoms with Crippen molar-refractivity contribution in [3.63, 3.8) is 0 Å². The number of rotatable bonds is 3. The first-order valence-electron chi connectivity index (χ1n) is 8.25. The second kappa shape index (κ2) is 7.25. The van der Waals surface area contributed by atoms with Crippen LogP contribution >= 0.6 is 12.4 Å². The van der Waals surface area contributed by atoms with Crippen molar-refractivity contribution in [1.82, 2.24) is 15.1 Å². The van der Waals surface area contributed by atoms with Gasteiger partial charge in [0.25, 0.3) is 5.91 Å². The zero-order valence-electron chi connectivity index (χ0n) is 13.8. The van der Waals surface area contributed by atoms with Crippen LogP contribution in [0.3, 0.4) is 0 Å². The maximum Gasteiger partial charge on any atom is 0.275 e. The summed E-state index contributed by atoms with van der Waals surface area (Å²) in [5.74, 6) is 0.538. The third-order valence-electron chi connectivity index (χ3n) is 4.93. The van der Waals surface area contributed by atoms with Gasteiger partial charge in [0, 0.05) is 24.4 Å². The van der Waals surface area contributed by atoms with Crippen LogP contribution in [0.2, 0.25) is 0 Å². The molecule has 0 radical (unpaired) electrons. The Kier molecular flexibility index (Phi) is 5.06. The number of nitrogens with zero attached hydrogens (tertiary/aromatic N) is 2. The monoisotopic (exact) mass is 356 g/mol. The summed E-state index contributed by atoms with van der Waals surface area (Å²) >= 11 is 0. The van der Waals surface area contributed by atoms with E-state index in [4.69, 9.17) is 5.73 Å². The number of fused-ring (bicyclic) bond motifs is 1.